The molecule has 0 radical (unpaired) electrons. The fraction of sp³-hybridized carbons (Fsp3) is 0.240. The predicted octanol–water partition coefficient (Wildman–Crippen LogP) is 4.57. The van der Waals surface area contributed by atoms with Crippen LogP contribution in [-0.2, 0) is 24.3 Å². The highest BCUT2D eigenvalue weighted by molar-refractivity contribution is 5.76. The maximum Gasteiger partial charge on any atom is 0.220 e. The number of hydrogen-bond acceptors (Lipinski definition) is 3. The number of carbonyl (C=O) groups excluding carboxylic acids is 1. The minimum atomic E-state index is -0.280. The summed E-state index contributed by atoms with van der Waals surface area (Å²) >= 11 is 0. The first kappa shape index (κ1) is 20.7. The molecular formula is C25H25FN4O. The van der Waals surface area contributed by atoms with E-state index < -0.39 is 0 Å². The second kappa shape index (κ2) is 9.51. The number of aromatic nitrogens is 3. The third kappa shape index (κ3) is 5.34. The molecule has 0 spiro atoms. The average molecular weight is 417 g/mol. The summed E-state index contributed by atoms with van der Waals surface area (Å²) in [5, 5.41) is 2.89. The average Bonchev–Trinajstić information content (AvgIpc) is 3.12. The summed E-state index contributed by atoms with van der Waals surface area (Å²) < 4.78 is 15.1. The number of halogens is 1. The zero-order valence-corrected chi connectivity index (χ0v) is 17.5. The van der Waals surface area contributed by atoms with Gasteiger partial charge in [0.2, 0.25) is 5.91 Å². The highest BCUT2D eigenvalue weighted by Crippen LogP contribution is 2.18. The Labute approximate surface area is 181 Å². The molecule has 2 aromatic heterocycles. The van der Waals surface area contributed by atoms with Gasteiger partial charge in [0.25, 0.3) is 0 Å². The molecule has 0 aliphatic heterocycles. The Balaban J connectivity index is 1.39. The SMILES string of the molecule is Cc1ccc(Cn2c(CCCC(=O)NCc3ccc(F)cc3)nc3cccnc32)cc1. The molecule has 0 atom stereocenters. The lowest BCUT2D eigenvalue weighted by Crippen LogP contribution is -2.22. The number of amides is 1. The van der Waals surface area contributed by atoms with Crippen LogP contribution in [0.25, 0.3) is 11.2 Å². The highest BCUT2D eigenvalue weighted by atomic mass is 19.1. The van der Waals surface area contributed by atoms with Gasteiger partial charge in [-0.2, -0.15) is 0 Å². The molecule has 0 fully saturated rings. The van der Waals surface area contributed by atoms with Crippen molar-refractivity contribution >= 4 is 17.1 Å². The van der Waals surface area contributed by atoms with Gasteiger partial charge in [-0.1, -0.05) is 42.0 Å². The van der Waals surface area contributed by atoms with Crippen molar-refractivity contribution < 1.29 is 9.18 Å². The van der Waals surface area contributed by atoms with Gasteiger partial charge in [0, 0.05) is 25.6 Å². The van der Waals surface area contributed by atoms with Gasteiger partial charge in [0.15, 0.2) is 5.65 Å². The number of aryl methyl sites for hydroxylation is 2. The molecule has 5 nitrogen and oxygen atoms in total. The number of pyridine rings is 1. The Morgan fingerprint density at radius 1 is 1.03 bits per heavy atom. The fourth-order valence-corrected chi connectivity index (χ4v) is 3.54. The van der Waals surface area contributed by atoms with Crippen LogP contribution in [0.4, 0.5) is 4.39 Å². The number of nitrogens with one attached hydrogen (secondary N) is 1. The molecule has 0 saturated carbocycles. The van der Waals surface area contributed by atoms with Crippen molar-refractivity contribution in [2.75, 3.05) is 0 Å². The zero-order valence-electron chi connectivity index (χ0n) is 17.5. The molecule has 4 rings (SSSR count). The molecule has 4 aromatic rings. The molecule has 6 heteroatoms. The summed E-state index contributed by atoms with van der Waals surface area (Å²) in [6.07, 6.45) is 3.56. The Hall–Kier alpha value is -3.54. The smallest absolute Gasteiger partial charge is 0.220 e. The summed E-state index contributed by atoms with van der Waals surface area (Å²) in [5.41, 5.74) is 5.02. The van der Waals surface area contributed by atoms with Crippen molar-refractivity contribution in [1.82, 2.24) is 19.9 Å². The van der Waals surface area contributed by atoms with Crippen LogP contribution in [0.1, 0.15) is 35.4 Å². The van der Waals surface area contributed by atoms with E-state index in [0.717, 1.165) is 22.6 Å². The summed E-state index contributed by atoms with van der Waals surface area (Å²) in [7, 11) is 0. The molecule has 2 aromatic carbocycles. The lowest BCUT2D eigenvalue weighted by Gasteiger charge is -2.10. The van der Waals surface area contributed by atoms with Gasteiger partial charge in [0.1, 0.15) is 17.2 Å². The van der Waals surface area contributed by atoms with Crippen LogP contribution in [0.15, 0.2) is 66.9 Å². The van der Waals surface area contributed by atoms with Gasteiger partial charge in [-0.3, -0.25) is 4.79 Å². The van der Waals surface area contributed by atoms with E-state index >= 15 is 0 Å². The molecule has 0 aliphatic carbocycles. The Morgan fingerprint density at radius 2 is 1.77 bits per heavy atom. The predicted molar refractivity (Wildman–Crippen MR) is 119 cm³/mol. The van der Waals surface area contributed by atoms with Gasteiger partial charge in [-0.25, -0.2) is 14.4 Å². The minimum Gasteiger partial charge on any atom is -0.352 e. The number of rotatable bonds is 8. The van der Waals surface area contributed by atoms with Gasteiger partial charge < -0.3 is 9.88 Å². The first-order valence-electron chi connectivity index (χ1n) is 10.5. The third-order valence-corrected chi connectivity index (χ3v) is 5.25. The first-order chi connectivity index (χ1) is 15.1. The highest BCUT2D eigenvalue weighted by Gasteiger charge is 2.13. The monoisotopic (exact) mass is 416 g/mol. The number of nitrogens with zero attached hydrogens (tertiary/aromatic N) is 3. The topological polar surface area (TPSA) is 59.8 Å². The Kier molecular flexibility index (Phi) is 6.36. The Morgan fingerprint density at radius 3 is 2.55 bits per heavy atom. The van der Waals surface area contributed by atoms with E-state index in [4.69, 9.17) is 4.98 Å². The number of imidazole rings is 1. The normalized spacial score (nSPS) is 11.0. The lowest BCUT2D eigenvalue weighted by atomic mass is 10.1. The maximum absolute atomic E-state index is 13.0. The van der Waals surface area contributed by atoms with E-state index in [1.165, 1.54) is 23.3 Å². The van der Waals surface area contributed by atoms with E-state index in [1.807, 2.05) is 12.1 Å². The van der Waals surface area contributed by atoms with Crippen LogP contribution < -0.4 is 5.32 Å². The van der Waals surface area contributed by atoms with Crippen molar-refractivity contribution in [3.63, 3.8) is 0 Å². The van der Waals surface area contributed by atoms with Gasteiger partial charge in [-0.15, -0.1) is 0 Å². The molecule has 0 aliphatic rings. The van der Waals surface area contributed by atoms with Crippen LogP contribution in [0.3, 0.4) is 0 Å². The van der Waals surface area contributed by atoms with E-state index in [9.17, 15) is 9.18 Å². The largest absolute Gasteiger partial charge is 0.352 e. The minimum absolute atomic E-state index is 0.0244. The third-order valence-electron chi connectivity index (χ3n) is 5.25. The van der Waals surface area contributed by atoms with Crippen molar-refractivity contribution in [3.8, 4) is 0 Å². The second-order valence-electron chi connectivity index (χ2n) is 7.70. The summed E-state index contributed by atoms with van der Waals surface area (Å²) in [6.45, 7) is 3.17. The maximum atomic E-state index is 13.0. The van der Waals surface area contributed by atoms with Crippen molar-refractivity contribution in [3.05, 3.63) is 95.2 Å². The molecule has 31 heavy (non-hydrogen) atoms. The van der Waals surface area contributed by atoms with Crippen LogP contribution in [0, 0.1) is 12.7 Å². The van der Waals surface area contributed by atoms with Gasteiger partial charge in [-0.05, 0) is 48.7 Å². The molecule has 1 amide bonds. The summed E-state index contributed by atoms with van der Waals surface area (Å²) in [6, 6.07) is 18.5. The fourth-order valence-electron chi connectivity index (χ4n) is 3.54. The van der Waals surface area contributed by atoms with Crippen molar-refractivity contribution in [1.29, 1.82) is 0 Å². The number of benzene rings is 2. The van der Waals surface area contributed by atoms with Crippen LogP contribution in [0.2, 0.25) is 0 Å². The van der Waals surface area contributed by atoms with E-state index in [1.54, 1.807) is 18.3 Å². The zero-order chi connectivity index (χ0) is 21.6. The number of hydrogen-bond donors (Lipinski definition) is 1. The quantitative estimate of drug-likeness (QED) is 0.458. The van der Waals surface area contributed by atoms with Crippen molar-refractivity contribution in [2.24, 2.45) is 0 Å². The number of fused-ring (bicyclic) bond motifs is 1. The second-order valence-corrected chi connectivity index (χ2v) is 7.70. The van der Waals surface area contributed by atoms with Crippen LogP contribution in [0.5, 0.6) is 0 Å². The van der Waals surface area contributed by atoms with Gasteiger partial charge >= 0.3 is 0 Å². The van der Waals surface area contributed by atoms with E-state index in [-0.39, 0.29) is 11.7 Å². The molecule has 2 heterocycles. The van der Waals surface area contributed by atoms with E-state index in [0.29, 0.717) is 32.4 Å². The number of carbonyl (C=O) groups is 1. The Bertz CT molecular complexity index is 1170. The molecule has 0 unspecified atom stereocenters. The van der Waals surface area contributed by atoms with Gasteiger partial charge in [0.05, 0.1) is 6.54 Å². The molecular weight excluding hydrogens is 391 g/mol. The molecule has 0 bridgehead atoms. The summed E-state index contributed by atoms with van der Waals surface area (Å²) in [4.78, 5) is 21.5. The van der Waals surface area contributed by atoms with Crippen molar-refractivity contribution in [2.45, 2.75) is 39.3 Å². The standard InChI is InChI=1S/C25H25FN4O/c1-18-7-9-20(10-8-18)17-30-23(29-22-4-3-15-27-25(22)30)5-2-6-24(31)28-16-19-11-13-21(26)14-12-19/h3-4,7-15H,2,5-6,16-17H2,1H3,(H,28,31). The van der Waals surface area contributed by atoms with E-state index in [2.05, 4.69) is 46.1 Å². The van der Waals surface area contributed by atoms with Crippen LogP contribution in [-0.4, -0.2) is 20.4 Å². The van der Waals surface area contributed by atoms with Crippen LogP contribution >= 0.6 is 0 Å². The lowest BCUT2D eigenvalue weighted by molar-refractivity contribution is -0.121. The molecule has 0 saturated heterocycles. The molecule has 1 N–H and O–H groups in total. The molecule has 158 valence electrons. The summed E-state index contributed by atoms with van der Waals surface area (Å²) in [5.74, 6) is 0.627. The first-order valence-corrected chi connectivity index (χ1v) is 10.5.